The van der Waals surface area contributed by atoms with Crippen LogP contribution < -0.4 is 10.6 Å². The van der Waals surface area contributed by atoms with E-state index in [2.05, 4.69) is 24.0 Å². The van der Waals surface area contributed by atoms with Gasteiger partial charge in [0.2, 0.25) is 0 Å². The molecule has 0 bridgehead atoms. The molecule has 1 atom stereocenters. The van der Waals surface area contributed by atoms with E-state index < -0.39 is 0 Å². The molecular formula is C15H26N2O. The maximum absolute atomic E-state index is 6.14. The van der Waals surface area contributed by atoms with Crippen LogP contribution in [0.3, 0.4) is 0 Å². The van der Waals surface area contributed by atoms with E-state index in [0.717, 1.165) is 31.2 Å². The second-order valence-electron chi connectivity index (χ2n) is 5.33. The molecule has 0 aliphatic carbocycles. The fourth-order valence-electron chi connectivity index (χ4n) is 2.57. The van der Waals surface area contributed by atoms with Crippen LogP contribution in [-0.2, 0) is 0 Å². The summed E-state index contributed by atoms with van der Waals surface area (Å²) in [5.74, 6) is 1.96. The van der Waals surface area contributed by atoms with Gasteiger partial charge in [-0.15, -0.1) is 0 Å². The topological polar surface area (TPSA) is 42.4 Å². The Bertz CT molecular complexity index is 340. The van der Waals surface area contributed by atoms with Crippen LogP contribution in [0.1, 0.15) is 63.7 Å². The number of rotatable bonds is 5. The summed E-state index contributed by atoms with van der Waals surface area (Å²) in [5.41, 5.74) is 6.14. The number of nitrogens with zero attached hydrogens (tertiary/aromatic N) is 1. The summed E-state index contributed by atoms with van der Waals surface area (Å²) in [7, 11) is 0. The van der Waals surface area contributed by atoms with Gasteiger partial charge >= 0.3 is 0 Å². The summed E-state index contributed by atoms with van der Waals surface area (Å²) in [6, 6.07) is 4.21. The van der Waals surface area contributed by atoms with Gasteiger partial charge in [-0.25, -0.2) is 0 Å². The Morgan fingerprint density at radius 3 is 2.61 bits per heavy atom. The normalized spacial score (nSPS) is 18.7. The second kappa shape index (κ2) is 6.83. The predicted molar refractivity (Wildman–Crippen MR) is 75.8 cm³/mol. The molecule has 1 fully saturated rings. The molecule has 2 rings (SSSR count). The minimum atomic E-state index is 0.0608. The fraction of sp³-hybridized carbons (Fsp3) is 0.733. The second-order valence-corrected chi connectivity index (χ2v) is 5.33. The smallest absolute Gasteiger partial charge is 0.195 e. The fourth-order valence-corrected chi connectivity index (χ4v) is 2.57. The summed E-state index contributed by atoms with van der Waals surface area (Å²) < 4.78 is 5.94. The van der Waals surface area contributed by atoms with Crippen LogP contribution in [0.2, 0.25) is 0 Å². The van der Waals surface area contributed by atoms with E-state index in [4.69, 9.17) is 10.2 Å². The number of hydrogen-bond acceptors (Lipinski definition) is 3. The van der Waals surface area contributed by atoms with Crippen LogP contribution in [-0.4, -0.2) is 13.1 Å². The minimum absolute atomic E-state index is 0.0608. The van der Waals surface area contributed by atoms with Crippen LogP contribution >= 0.6 is 0 Å². The van der Waals surface area contributed by atoms with Gasteiger partial charge in [0, 0.05) is 19.2 Å². The van der Waals surface area contributed by atoms with E-state index in [1.54, 1.807) is 0 Å². The average Bonchev–Trinajstić information content (AvgIpc) is 2.72. The van der Waals surface area contributed by atoms with E-state index in [0.29, 0.717) is 0 Å². The average molecular weight is 250 g/mol. The first-order chi connectivity index (χ1) is 8.81. The molecule has 1 aliphatic rings. The zero-order chi connectivity index (χ0) is 12.8. The lowest BCUT2D eigenvalue weighted by molar-refractivity contribution is 0.440. The highest BCUT2D eigenvalue weighted by Crippen LogP contribution is 2.26. The lowest BCUT2D eigenvalue weighted by Crippen LogP contribution is -2.23. The van der Waals surface area contributed by atoms with Gasteiger partial charge < -0.3 is 15.1 Å². The number of unbranched alkanes of at least 4 members (excludes halogenated alkanes) is 1. The lowest BCUT2D eigenvalue weighted by Gasteiger charge is -2.19. The Morgan fingerprint density at radius 2 is 1.94 bits per heavy atom. The number of anilines is 1. The SMILES string of the molecule is CCCC[C@H](N)c1ccc(N2CCCCCC2)o1. The Labute approximate surface area is 110 Å². The van der Waals surface area contributed by atoms with Gasteiger partial charge in [-0.05, 0) is 25.3 Å². The molecule has 1 aromatic heterocycles. The highest BCUT2D eigenvalue weighted by atomic mass is 16.4. The van der Waals surface area contributed by atoms with Gasteiger partial charge in [0.1, 0.15) is 5.76 Å². The molecule has 1 aliphatic heterocycles. The Balaban J connectivity index is 1.95. The molecule has 2 heterocycles. The third-order valence-electron chi connectivity index (χ3n) is 3.76. The largest absolute Gasteiger partial charge is 0.444 e. The van der Waals surface area contributed by atoms with E-state index in [-0.39, 0.29) is 6.04 Å². The summed E-state index contributed by atoms with van der Waals surface area (Å²) in [4.78, 5) is 2.36. The first-order valence-electron chi connectivity index (χ1n) is 7.41. The molecule has 1 aromatic rings. The van der Waals surface area contributed by atoms with Crippen LogP contribution in [0, 0.1) is 0 Å². The van der Waals surface area contributed by atoms with E-state index in [1.807, 2.05) is 0 Å². The molecule has 0 aromatic carbocycles. The van der Waals surface area contributed by atoms with Gasteiger partial charge in [0.15, 0.2) is 5.88 Å². The molecule has 102 valence electrons. The molecule has 1 saturated heterocycles. The van der Waals surface area contributed by atoms with Crippen molar-refractivity contribution in [2.75, 3.05) is 18.0 Å². The lowest BCUT2D eigenvalue weighted by atomic mass is 10.1. The van der Waals surface area contributed by atoms with Crippen molar-refractivity contribution in [3.05, 3.63) is 17.9 Å². The molecule has 3 heteroatoms. The van der Waals surface area contributed by atoms with Crippen molar-refractivity contribution >= 4 is 5.88 Å². The maximum Gasteiger partial charge on any atom is 0.195 e. The maximum atomic E-state index is 6.14. The standard InChI is InChI=1S/C15H26N2O/c1-2-3-8-13(16)14-9-10-15(18-14)17-11-6-4-5-7-12-17/h9-10,13H,2-8,11-12,16H2,1H3/t13-/m0/s1. The monoisotopic (exact) mass is 250 g/mol. The molecule has 0 amide bonds. The van der Waals surface area contributed by atoms with Crippen LogP contribution in [0.5, 0.6) is 0 Å². The van der Waals surface area contributed by atoms with Crippen molar-refractivity contribution in [2.24, 2.45) is 5.73 Å². The Hall–Kier alpha value is -0.960. The van der Waals surface area contributed by atoms with Crippen molar-refractivity contribution in [1.82, 2.24) is 0 Å². The highest BCUT2D eigenvalue weighted by molar-refractivity contribution is 5.37. The number of nitrogens with two attached hydrogens (primary N) is 1. The number of hydrogen-bond donors (Lipinski definition) is 1. The number of furan rings is 1. The third kappa shape index (κ3) is 3.52. The summed E-state index contributed by atoms with van der Waals surface area (Å²) >= 11 is 0. The molecule has 2 N–H and O–H groups in total. The van der Waals surface area contributed by atoms with Gasteiger partial charge in [0.25, 0.3) is 0 Å². The summed E-state index contributed by atoms with van der Waals surface area (Å²) in [5, 5.41) is 0. The summed E-state index contributed by atoms with van der Waals surface area (Å²) in [6.07, 6.45) is 8.62. The van der Waals surface area contributed by atoms with Crippen molar-refractivity contribution in [1.29, 1.82) is 0 Å². The van der Waals surface area contributed by atoms with Crippen molar-refractivity contribution in [3.63, 3.8) is 0 Å². The van der Waals surface area contributed by atoms with Crippen molar-refractivity contribution < 1.29 is 4.42 Å². The van der Waals surface area contributed by atoms with Gasteiger partial charge in [-0.3, -0.25) is 0 Å². The summed E-state index contributed by atoms with van der Waals surface area (Å²) in [6.45, 7) is 4.44. The third-order valence-corrected chi connectivity index (χ3v) is 3.76. The quantitative estimate of drug-likeness (QED) is 0.863. The van der Waals surface area contributed by atoms with Crippen LogP contribution in [0.25, 0.3) is 0 Å². The van der Waals surface area contributed by atoms with Crippen molar-refractivity contribution in [3.8, 4) is 0 Å². The first kappa shape index (κ1) is 13.5. The van der Waals surface area contributed by atoms with Crippen LogP contribution in [0.15, 0.2) is 16.5 Å². The highest BCUT2D eigenvalue weighted by Gasteiger charge is 2.16. The molecule has 0 spiro atoms. The Morgan fingerprint density at radius 1 is 1.22 bits per heavy atom. The van der Waals surface area contributed by atoms with E-state index in [1.165, 1.54) is 38.5 Å². The molecule has 0 radical (unpaired) electrons. The van der Waals surface area contributed by atoms with E-state index >= 15 is 0 Å². The zero-order valence-corrected chi connectivity index (χ0v) is 11.5. The van der Waals surface area contributed by atoms with Gasteiger partial charge in [-0.1, -0.05) is 32.6 Å². The zero-order valence-electron chi connectivity index (χ0n) is 11.5. The molecule has 0 unspecified atom stereocenters. The molecular weight excluding hydrogens is 224 g/mol. The Kier molecular flexibility index (Phi) is 5.12. The minimum Gasteiger partial charge on any atom is -0.444 e. The molecule has 0 saturated carbocycles. The molecule has 18 heavy (non-hydrogen) atoms. The van der Waals surface area contributed by atoms with E-state index in [9.17, 15) is 0 Å². The van der Waals surface area contributed by atoms with Crippen LogP contribution in [0.4, 0.5) is 5.88 Å². The molecule has 3 nitrogen and oxygen atoms in total. The van der Waals surface area contributed by atoms with Gasteiger partial charge in [0.05, 0.1) is 6.04 Å². The van der Waals surface area contributed by atoms with Gasteiger partial charge in [-0.2, -0.15) is 0 Å². The predicted octanol–water partition coefficient (Wildman–Crippen LogP) is 3.85. The first-order valence-corrected chi connectivity index (χ1v) is 7.41. The van der Waals surface area contributed by atoms with Crippen molar-refractivity contribution in [2.45, 2.75) is 57.9 Å².